The van der Waals surface area contributed by atoms with Crippen LogP contribution in [0.3, 0.4) is 0 Å². The standard InChI is InChI=1S/C19H18N2O2S2/c1-13-3-5-14(6-4-13)17-12-25-19(24)21(17)11-18(22)20-15-7-9-16(23-2)10-8-15/h3-10,12H,11H2,1-2H3,(H,20,22). The van der Waals surface area contributed by atoms with Crippen molar-refractivity contribution in [3.63, 3.8) is 0 Å². The van der Waals surface area contributed by atoms with Crippen molar-refractivity contribution in [3.05, 3.63) is 63.4 Å². The molecule has 1 N–H and O–H groups in total. The number of benzene rings is 2. The van der Waals surface area contributed by atoms with E-state index in [9.17, 15) is 4.79 Å². The number of aromatic nitrogens is 1. The quantitative estimate of drug-likeness (QED) is 0.650. The Kier molecular flexibility index (Phi) is 5.31. The highest BCUT2D eigenvalue weighted by Gasteiger charge is 2.11. The van der Waals surface area contributed by atoms with E-state index in [0.717, 1.165) is 22.7 Å². The Hall–Kier alpha value is -2.44. The molecule has 25 heavy (non-hydrogen) atoms. The lowest BCUT2D eigenvalue weighted by Crippen LogP contribution is -2.19. The Balaban J connectivity index is 1.78. The summed E-state index contributed by atoms with van der Waals surface area (Å²) in [5.41, 5.74) is 3.93. The average Bonchev–Trinajstić information content (AvgIpc) is 2.97. The van der Waals surface area contributed by atoms with Crippen molar-refractivity contribution in [1.82, 2.24) is 4.57 Å². The number of nitrogens with one attached hydrogen (secondary N) is 1. The van der Waals surface area contributed by atoms with Gasteiger partial charge in [-0.2, -0.15) is 0 Å². The van der Waals surface area contributed by atoms with Crippen molar-refractivity contribution in [2.75, 3.05) is 12.4 Å². The summed E-state index contributed by atoms with van der Waals surface area (Å²) >= 11 is 6.86. The summed E-state index contributed by atoms with van der Waals surface area (Å²) in [4.78, 5) is 12.4. The van der Waals surface area contributed by atoms with Crippen LogP contribution in [0, 0.1) is 10.9 Å². The van der Waals surface area contributed by atoms with E-state index in [1.54, 1.807) is 7.11 Å². The molecule has 0 saturated carbocycles. The van der Waals surface area contributed by atoms with Crippen molar-refractivity contribution >= 4 is 35.1 Å². The first-order valence-electron chi connectivity index (χ1n) is 7.76. The van der Waals surface area contributed by atoms with E-state index in [0.29, 0.717) is 3.95 Å². The zero-order valence-corrected chi connectivity index (χ0v) is 15.6. The second-order valence-corrected chi connectivity index (χ2v) is 7.12. The minimum Gasteiger partial charge on any atom is -0.497 e. The molecule has 0 aliphatic rings. The number of carbonyl (C=O) groups is 1. The molecule has 0 aliphatic heterocycles. The number of anilines is 1. The molecule has 0 bridgehead atoms. The molecule has 1 heterocycles. The normalized spacial score (nSPS) is 10.5. The Morgan fingerprint density at radius 1 is 1.16 bits per heavy atom. The van der Waals surface area contributed by atoms with Crippen LogP contribution in [0.2, 0.25) is 0 Å². The molecule has 0 saturated heterocycles. The topological polar surface area (TPSA) is 43.3 Å². The fourth-order valence-electron chi connectivity index (χ4n) is 2.45. The predicted octanol–water partition coefficient (Wildman–Crippen LogP) is 4.90. The molecule has 2 aromatic carbocycles. The summed E-state index contributed by atoms with van der Waals surface area (Å²) in [6.45, 7) is 2.23. The van der Waals surface area contributed by atoms with Gasteiger partial charge in [-0.3, -0.25) is 4.79 Å². The maximum Gasteiger partial charge on any atom is 0.244 e. The van der Waals surface area contributed by atoms with Crippen molar-refractivity contribution in [2.45, 2.75) is 13.5 Å². The summed E-state index contributed by atoms with van der Waals surface area (Å²) < 4.78 is 7.66. The third-order valence-electron chi connectivity index (χ3n) is 3.81. The molecule has 0 spiro atoms. The van der Waals surface area contributed by atoms with Crippen LogP contribution in [0.5, 0.6) is 5.75 Å². The van der Waals surface area contributed by atoms with Gasteiger partial charge in [-0.05, 0) is 49.0 Å². The number of hydrogen-bond acceptors (Lipinski definition) is 4. The van der Waals surface area contributed by atoms with Crippen LogP contribution in [0.4, 0.5) is 5.69 Å². The summed E-state index contributed by atoms with van der Waals surface area (Å²) in [6, 6.07) is 15.4. The molecular formula is C19H18N2O2S2. The summed E-state index contributed by atoms with van der Waals surface area (Å²) in [6.07, 6.45) is 0. The molecular weight excluding hydrogens is 352 g/mol. The zero-order chi connectivity index (χ0) is 17.8. The van der Waals surface area contributed by atoms with E-state index in [-0.39, 0.29) is 12.5 Å². The van der Waals surface area contributed by atoms with E-state index in [4.69, 9.17) is 17.0 Å². The van der Waals surface area contributed by atoms with Gasteiger partial charge in [0.25, 0.3) is 0 Å². The lowest BCUT2D eigenvalue weighted by molar-refractivity contribution is -0.116. The molecule has 0 atom stereocenters. The van der Waals surface area contributed by atoms with Gasteiger partial charge in [-0.15, -0.1) is 11.3 Å². The highest BCUT2D eigenvalue weighted by Crippen LogP contribution is 2.24. The number of rotatable bonds is 5. The Bertz CT molecular complexity index is 925. The van der Waals surface area contributed by atoms with Gasteiger partial charge in [-0.1, -0.05) is 29.8 Å². The summed E-state index contributed by atoms with van der Waals surface area (Å²) in [5, 5.41) is 4.88. The van der Waals surface area contributed by atoms with Gasteiger partial charge >= 0.3 is 0 Å². The van der Waals surface area contributed by atoms with Crippen LogP contribution in [0.25, 0.3) is 11.3 Å². The van der Waals surface area contributed by atoms with Crippen LogP contribution in [-0.4, -0.2) is 17.6 Å². The highest BCUT2D eigenvalue weighted by atomic mass is 32.1. The van der Waals surface area contributed by atoms with Gasteiger partial charge < -0.3 is 14.6 Å². The number of methoxy groups -OCH3 is 1. The first kappa shape index (κ1) is 17.4. The molecule has 3 aromatic rings. The molecule has 0 aliphatic carbocycles. The van der Waals surface area contributed by atoms with E-state index in [1.807, 2.05) is 53.3 Å². The Morgan fingerprint density at radius 3 is 2.48 bits per heavy atom. The Morgan fingerprint density at radius 2 is 1.84 bits per heavy atom. The largest absolute Gasteiger partial charge is 0.497 e. The first-order chi connectivity index (χ1) is 12.1. The maximum atomic E-state index is 12.4. The molecule has 0 unspecified atom stereocenters. The molecule has 1 aromatic heterocycles. The van der Waals surface area contributed by atoms with Gasteiger partial charge in [0.2, 0.25) is 5.91 Å². The first-order valence-corrected chi connectivity index (χ1v) is 9.05. The van der Waals surface area contributed by atoms with Crippen LogP contribution in [0.1, 0.15) is 5.56 Å². The number of amides is 1. The minimum atomic E-state index is -0.118. The Labute approximate surface area is 155 Å². The molecule has 6 heteroatoms. The maximum absolute atomic E-state index is 12.4. The van der Waals surface area contributed by atoms with Crippen LogP contribution in [-0.2, 0) is 11.3 Å². The molecule has 0 fully saturated rings. The predicted molar refractivity (Wildman–Crippen MR) is 105 cm³/mol. The molecule has 1 amide bonds. The number of hydrogen-bond donors (Lipinski definition) is 1. The molecule has 0 radical (unpaired) electrons. The van der Waals surface area contributed by atoms with E-state index in [1.165, 1.54) is 16.9 Å². The molecule has 3 rings (SSSR count). The third-order valence-corrected chi connectivity index (χ3v) is 5.08. The second kappa shape index (κ2) is 7.63. The second-order valence-electron chi connectivity index (χ2n) is 5.62. The van der Waals surface area contributed by atoms with Gasteiger partial charge in [0.1, 0.15) is 12.3 Å². The lowest BCUT2D eigenvalue weighted by atomic mass is 10.1. The van der Waals surface area contributed by atoms with E-state index < -0.39 is 0 Å². The highest BCUT2D eigenvalue weighted by molar-refractivity contribution is 7.73. The zero-order valence-electron chi connectivity index (χ0n) is 14.0. The fourth-order valence-corrected chi connectivity index (χ4v) is 3.52. The smallest absolute Gasteiger partial charge is 0.244 e. The van der Waals surface area contributed by atoms with Crippen molar-refractivity contribution in [1.29, 1.82) is 0 Å². The van der Waals surface area contributed by atoms with E-state index in [2.05, 4.69) is 17.4 Å². The van der Waals surface area contributed by atoms with Crippen molar-refractivity contribution in [2.24, 2.45) is 0 Å². The summed E-state index contributed by atoms with van der Waals surface area (Å²) in [5.74, 6) is 0.632. The fraction of sp³-hybridized carbons (Fsp3) is 0.158. The van der Waals surface area contributed by atoms with Crippen LogP contribution >= 0.6 is 23.6 Å². The van der Waals surface area contributed by atoms with Gasteiger partial charge in [-0.25, -0.2) is 0 Å². The van der Waals surface area contributed by atoms with Crippen molar-refractivity contribution < 1.29 is 9.53 Å². The lowest BCUT2D eigenvalue weighted by Gasteiger charge is -2.10. The van der Waals surface area contributed by atoms with Crippen LogP contribution < -0.4 is 10.1 Å². The molecule has 4 nitrogen and oxygen atoms in total. The number of thiazole rings is 1. The third kappa shape index (κ3) is 4.15. The number of aryl methyl sites for hydroxylation is 1. The van der Waals surface area contributed by atoms with Gasteiger partial charge in [0.05, 0.1) is 12.8 Å². The SMILES string of the molecule is COc1ccc(NC(=O)Cn2c(-c3ccc(C)cc3)csc2=S)cc1. The number of ether oxygens (including phenoxy) is 1. The molecule has 128 valence electrons. The summed E-state index contributed by atoms with van der Waals surface area (Å²) in [7, 11) is 1.61. The van der Waals surface area contributed by atoms with Crippen molar-refractivity contribution in [3.8, 4) is 17.0 Å². The number of carbonyl (C=O) groups excluding carboxylic acids is 1. The monoisotopic (exact) mass is 370 g/mol. The minimum absolute atomic E-state index is 0.118. The van der Waals surface area contributed by atoms with Gasteiger partial charge in [0, 0.05) is 11.1 Å². The van der Waals surface area contributed by atoms with Crippen LogP contribution in [0.15, 0.2) is 53.9 Å². The number of nitrogens with zero attached hydrogens (tertiary/aromatic N) is 1. The van der Waals surface area contributed by atoms with E-state index >= 15 is 0 Å². The average molecular weight is 370 g/mol. The van der Waals surface area contributed by atoms with Gasteiger partial charge in [0.15, 0.2) is 3.95 Å².